The molecule has 0 saturated heterocycles. The van der Waals surface area contributed by atoms with Crippen LogP contribution in [-0.4, -0.2) is 91.0 Å². The molecule has 10 nitrogen and oxygen atoms in total. The number of carbonyl (C=O) groups is 5. The second kappa shape index (κ2) is 10.7. The van der Waals surface area contributed by atoms with E-state index in [4.69, 9.17) is 0 Å². The fraction of sp³-hybridized carbons (Fsp3) is 0.469. The van der Waals surface area contributed by atoms with E-state index < -0.39 is 64.4 Å². The van der Waals surface area contributed by atoms with Crippen LogP contribution in [0.4, 0.5) is 5.69 Å². The van der Waals surface area contributed by atoms with Crippen molar-refractivity contribution in [2.45, 2.75) is 37.3 Å². The summed E-state index contributed by atoms with van der Waals surface area (Å²) in [5.74, 6) is -9.61. The van der Waals surface area contributed by atoms with Gasteiger partial charge in [-0.05, 0) is 68.5 Å². The van der Waals surface area contributed by atoms with Gasteiger partial charge < -0.3 is 20.4 Å². The molecule has 0 aliphatic heterocycles. The summed E-state index contributed by atoms with van der Waals surface area (Å²) in [7, 11) is 8.14. The number of nitrogens with one attached hydrogen (secondary N) is 1. The van der Waals surface area contributed by atoms with Crippen LogP contribution in [0, 0.1) is 23.7 Å². The van der Waals surface area contributed by atoms with E-state index in [9.17, 15) is 34.2 Å². The zero-order valence-electron chi connectivity index (χ0n) is 24.5. The predicted molar refractivity (Wildman–Crippen MR) is 154 cm³/mol. The van der Waals surface area contributed by atoms with Gasteiger partial charge in [0.05, 0.1) is 17.5 Å². The summed E-state index contributed by atoms with van der Waals surface area (Å²) < 4.78 is 0. The monoisotopic (exact) mass is 575 g/mol. The fourth-order valence-electron chi connectivity index (χ4n) is 7.34. The molecule has 3 aliphatic rings. The standard InChI is InChI=1S/C32H37N3O7/c1-33-31(41)24-28(38)25(35(4)5)20-14-18-13-19-21(34(2)3)15-17(12-11-16-9-7-6-8-10-16)26(36)23(19)27(37)22(18)29(39)32(20,42)30(24)40/h6-10,15,18,20,22,24-25,36,42H,11-14H2,1-5H3,(H,33,41)/t18-,20-,22?,24?,25-,32-/m0/s1. The molecule has 0 spiro atoms. The minimum atomic E-state index is -2.70. The maximum atomic E-state index is 14.2. The van der Waals surface area contributed by atoms with Crippen molar-refractivity contribution in [3.8, 4) is 5.75 Å². The van der Waals surface area contributed by atoms with Crippen molar-refractivity contribution in [2.75, 3.05) is 40.1 Å². The lowest BCUT2D eigenvalue weighted by molar-refractivity contribution is -0.181. The molecule has 222 valence electrons. The summed E-state index contributed by atoms with van der Waals surface area (Å²) in [5.41, 5.74) is 0.301. The summed E-state index contributed by atoms with van der Waals surface area (Å²) in [6, 6.07) is 10.5. The van der Waals surface area contributed by atoms with Crippen LogP contribution in [0.25, 0.3) is 0 Å². The van der Waals surface area contributed by atoms with Gasteiger partial charge >= 0.3 is 0 Å². The molecule has 2 fully saturated rings. The number of Topliss-reactive ketones (excluding diaryl/α,β-unsaturated/α-hetero) is 4. The molecule has 1 amide bonds. The number of aliphatic hydroxyl groups is 1. The topological polar surface area (TPSA) is 144 Å². The molecule has 6 atom stereocenters. The zero-order valence-corrected chi connectivity index (χ0v) is 24.5. The van der Waals surface area contributed by atoms with E-state index in [1.165, 1.54) is 11.9 Å². The average molecular weight is 576 g/mol. The number of rotatable bonds is 6. The normalized spacial score (nSPS) is 28.7. The zero-order chi connectivity index (χ0) is 30.7. The second-order valence-electron chi connectivity index (χ2n) is 12.1. The molecule has 2 saturated carbocycles. The third-order valence-corrected chi connectivity index (χ3v) is 9.35. The molecule has 10 heteroatoms. The molecule has 5 rings (SSSR count). The molecule has 3 aliphatic carbocycles. The van der Waals surface area contributed by atoms with Gasteiger partial charge in [0.25, 0.3) is 0 Å². The van der Waals surface area contributed by atoms with Crippen molar-refractivity contribution < 1.29 is 34.2 Å². The van der Waals surface area contributed by atoms with Crippen LogP contribution in [-0.2, 0) is 38.4 Å². The first-order valence-corrected chi connectivity index (χ1v) is 14.2. The van der Waals surface area contributed by atoms with E-state index in [2.05, 4.69) is 5.32 Å². The van der Waals surface area contributed by atoms with Gasteiger partial charge in [-0.1, -0.05) is 30.3 Å². The summed E-state index contributed by atoms with van der Waals surface area (Å²) in [6.07, 6.45) is 1.36. The van der Waals surface area contributed by atoms with Gasteiger partial charge in [0.1, 0.15) is 5.75 Å². The predicted octanol–water partition coefficient (Wildman–Crippen LogP) is 0.979. The van der Waals surface area contributed by atoms with Crippen molar-refractivity contribution >= 4 is 34.7 Å². The lowest BCUT2D eigenvalue weighted by Gasteiger charge is -2.52. The Morgan fingerprint density at radius 1 is 1.02 bits per heavy atom. The fourth-order valence-corrected chi connectivity index (χ4v) is 7.34. The molecule has 3 N–H and O–H groups in total. The Bertz CT molecular complexity index is 1480. The number of nitrogens with zero attached hydrogens (tertiary/aromatic N) is 2. The van der Waals surface area contributed by atoms with Gasteiger partial charge in [-0.3, -0.25) is 28.9 Å². The Balaban J connectivity index is 1.60. The first-order valence-electron chi connectivity index (χ1n) is 14.2. The molecule has 2 aromatic carbocycles. The summed E-state index contributed by atoms with van der Waals surface area (Å²) in [5, 5.41) is 25.6. The van der Waals surface area contributed by atoms with Crippen LogP contribution in [0.5, 0.6) is 5.75 Å². The van der Waals surface area contributed by atoms with Crippen LogP contribution in [0.2, 0.25) is 0 Å². The maximum absolute atomic E-state index is 14.2. The van der Waals surface area contributed by atoms with E-state index in [1.54, 1.807) is 14.1 Å². The number of aromatic hydroxyl groups is 1. The number of phenolic OH excluding ortho intramolecular Hbond substituents is 1. The van der Waals surface area contributed by atoms with E-state index in [0.29, 0.717) is 24.0 Å². The second-order valence-corrected chi connectivity index (χ2v) is 12.1. The van der Waals surface area contributed by atoms with E-state index in [0.717, 1.165) is 11.3 Å². The van der Waals surface area contributed by atoms with Crippen molar-refractivity contribution in [1.82, 2.24) is 10.2 Å². The molecule has 0 heterocycles. The van der Waals surface area contributed by atoms with Crippen LogP contribution in [0.15, 0.2) is 36.4 Å². The number of fused-ring (bicyclic) bond motifs is 3. The first-order chi connectivity index (χ1) is 19.8. The number of anilines is 1. The lowest BCUT2D eigenvalue weighted by Crippen LogP contribution is -2.74. The molecular formula is C32H37N3O7. The van der Waals surface area contributed by atoms with Crippen molar-refractivity contribution in [3.63, 3.8) is 0 Å². The third kappa shape index (κ3) is 4.35. The van der Waals surface area contributed by atoms with Crippen LogP contribution < -0.4 is 10.2 Å². The largest absolute Gasteiger partial charge is 0.507 e. The smallest absolute Gasteiger partial charge is 0.238 e. The highest BCUT2D eigenvalue weighted by atomic mass is 16.3. The van der Waals surface area contributed by atoms with Crippen molar-refractivity contribution in [1.29, 1.82) is 0 Å². The number of aryl methyl sites for hydroxylation is 2. The van der Waals surface area contributed by atoms with Gasteiger partial charge in [0, 0.05) is 32.7 Å². The van der Waals surface area contributed by atoms with Gasteiger partial charge in [-0.15, -0.1) is 0 Å². The van der Waals surface area contributed by atoms with Gasteiger partial charge in [0.15, 0.2) is 34.7 Å². The number of hydrogen-bond donors (Lipinski definition) is 3. The Morgan fingerprint density at radius 2 is 1.69 bits per heavy atom. The molecule has 2 unspecified atom stereocenters. The summed E-state index contributed by atoms with van der Waals surface area (Å²) in [6.45, 7) is 0. The summed E-state index contributed by atoms with van der Waals surface area (Å²) >= 11 is 0. The highest BCUT2D eigenvalue weighted by Gasteiger charge is 2.69. The van der Waals surface area contributed by atoms with Crippen LogP contribution in [0.1, 0.15) is 33.5 Å². The Labute approximate surface area is 244 Å². The van der Waals surface area contributed by atoms with E-state index in [1.807, 2.05) is 55.4 Å². The van der Waals surface area contributed by atoms with Crippen LogP contribution >= 0.6 is 0 Å². The Kier molecular flexibility index (Phi) is 7.57. The van der Waals surface area contributed by atoms with Gasteiger partial charge in [-0.25, -0.2) is 0 Å². The highest BCUT2D eigenvalue weighted by molar-refractivity contribution is 6.32. The third-order valence-electron chi connectivity index (χ3n) is 9.35. The highest BCUT2D eigenvalue weighted by Crippen LogP contribution is 2.52. The molecule has 0 bridgehead atoms. The maximum Gasteiger partial charge on any atom is 0.238 e. The minimum Gasteiger partial charge on any atom is -0.507 e. The molecule has 2 aromatic rings. The van der Waals surface area contributed by atoms with Gasteiger partial charge in [0.2, 0.25) is 5.91 Å². The summed E-state index contributed by atoms with van der Waals surface area (Å²) in [4.78, 5) is 71.4. The van der Waals surface area contributed by atoms with Crippen molar-refractivity contribution in [2.24, 2.45) is 23.7 Å². The van der Waals surface area contributed by atoms with E-state index in [-0.39, 0.29) is 24.2 Å². The van der Waals surface area contributed by atoms with Gasteiger partial charge in [-0.2, -0.15) is 0 Å². The Hall–Kier alpha value is -3.89. The first kappa shape index (κ1) is 29.6. The van der Waals surface area contributed by atoms with Crippen molar-refractivity contribution in [3.05, 3.63) is 58.7 Å². The molecule has 0 aromatic heterocycles. The van der Waals surface area contributed by atoms with Crippen LogP contribution in [0.3, 0.4) is 0 Å². The number of phenols is 1. The number of amides is 1. The number of likely N-dealkylation sites (N-methyl/N-ethyl adjacent to an activating group) is 1. The number of carbonyl (C=O) groups excluding carboxylic acids is 5. The number of hydrogen-bond acceptors (Lipinski definition) is 9. The van der Waals surface area contributed by atoms with E-state index >= 15 is 0 Å². The molecular weight excluding hydrogens is 538 g/mol. The quantitative estimate of drug-likeness (QED) is 0.430. The molecule has 0 radical (unpaired) electrons. The average Bonchev–Trinajstić information content (AvgIpc) is 2.94. The number of benzene rings is 2. The Morgan fingerprint density at radius 3 is 2.29 bits per heavy atom. The SMILES string of the molecule is CNC(=O)C1C(=O)[C@@H](N(C)C)[C@@H]2C[C@@H]3Cc4c(N(C)C)cc(CCc5ccccc5)c(O)c4C(=O)C3C(=O)[C@]2(O)C1=O. The molecule has 42 heavy (non-hydrogen) atoms. The lowest BCUT2D eigenvalue weighted by atomic mass is 9.52. The minimum absolute atomic E-state index is 0.0345. The number of ketones is 4.